The zero-order valence-corrected chi connectivity index (χ0v) is 9.45. The van der Waals surface area contributed by atoms with Crippen LogP contribution in [0.25, 0.3) is 0 Å². The minimum absolute atomic E-state index is 0.378. The fourth-order valence-electron chi connectivity index (χ4n) is 1.49. The van der Waals surface area contributed by atoms with Gasteiger partial charge in [-0.2, -0.15) is 0 Å². The Morgan fingerprint density at radius 1 is 1.31 bits per heavy atom. The molecule has 0 fully saturated rings. The van der Waals surface area contributed by atoms with Gasteiger partial charge in [-0.25, -0.2) is 0 Å². The molecule has 0 atom stereocenters. The molecule has 0 N–H and O–H groups in total. The van der Waals surface area contributed by atoms with Gasteiger partial charge in [0.1, 0.15) is 0 Å². The van der Waals surface area contributed by atoms with Gasteiger partial charge in [-0.05, 0) is 18.9 Å². The Bertz CT molecular complexity index is 473. The monoisotopic (exact) mass is 244 g/mol. The highest BCUT2D eigenvalue weighted by Gasteiger charge is 2.28. The van der Waals surface area contributed by atoms with Crippen molar-refractivity contribution >= 4 is 23.0 Å². The molecule has 16 heavy (non-hydrogen) atoms. The van der Waals surface area contributed by atoms with Gasteiger partial charge in [-0.15, -0.1) is 0 Å². The lowest BCUT2D eigenvalue weighted by molar-refractivity contribution is -0.394. The van der Waals surface area contributed by atoms with Gasteiger partial charge in [0, 0.05) is 11.6 Å². The van der Waals surface area contributed by atoms with Crippen LogP contribution in [0.2, 0.25) is 5.02 Å². The number of benzene rings is 1. The third-order valence-corrected chi connectivity index (χ3v) is 2.71. The summed E-state index contributed by atoms with van der Waals surface area (Å²) in [5.74, 6) is 0. The normalized spacial score (nSPS) is 10.2. The summed E-state index contributed by atoms with van der Waals surface area (Å²) < 4.78 is 0. The average Bonchev–Trinajstić information content (AvgIpc) is 2.16. The van der Waals surface area contributed by atoms with Crippen molar-refractivity contribution in [1.29, 1.82) is 0 Å². The van der Waals surface area contributed by atoms with Crippen LogP contribution in [-0.2, 0) is 6.42 Å². The second-order valence-electron chi connectivity index (χ2n) is 3.21. The smallest absolute Gasteiger partial charge is 0.258 e. The highest BCUT2D eigenvalue weighted by molar-refractivity contribution is 6.35. The van der Waals surface area contributed by atoms with Gasteiger partial charge in [-0.1, -0.05) is 18.5 Å². The summed E-state index contributed by atoms with van der Waals surface area (Å²) in [5, 5.41) is 21.0. The number of rotatable bonds is 3. The molecule has 0 aliphatic carbocycles. The molecule has 0 spiro atoms. The minimum Gasteiger partial charge on any atom is -0.258 e. The molecule has 0 aliphatic rings. The molecule has 1 aromatic rings. The van der Waals surface area contributed by atoms with Gasteiger partial charge < -0.3 is 0 Å². The first-order valence-electron chi connectivity index (χ1n) is 4.50. The van der Waals surface area contributed by atoms with Crippen LogP contribution in [0, 0.1) is 27.2 Å². The van der Waals surface area contributed by atoms with Crippen LogP contribution in [-0.4, -0.2) is 9.85 Å². The van der Waals surface area contributed by atoms with Crippen LogP contribution in [0.3, 0.4) is 0 Å². The van der Waals surface area contributed by atoms with Crippen LogP contribution >= 0.6 is 11.6 Å². The maximum Gasteiger partial charge on any atom is 0.298 e. The van der Waals surface area contributed by atoms with Crippen molar-refractivity contribution in [1.82, 2.24) is 0 Å². The molecule has 0 amide bonds. The van der Waals surface area contributed by atoms with E-state index in [2.05, 4.69) is 0 Å². The van der Waals surface area contributed by atoms with E-state index in [1.54, 1.807) is 6.92 Å². The van der Waals surface area contributed by atoms with E-state index in [4.69, 9.17) is 11.6 Å². The Morgan fingerprint density at radius 2 is 1.88 bits per heavy atom. The number of aryl methyl sites for hydroxylation is 1. The summed E-state index contributed by atoms with van der Waals surface area (Å²) >= 11 is 5.65. The maximum absolute atomic E-state index is 10.8. The van der Waals surface area contributed by atoms with Gasteiger partial charge in [0.15, 0.2) is 5.02 Å². The SMILES string of the molecule is CCc1cc([N+](=O)[O-])c(Cl)c([N+](=O)[O-])c1C. The minimum atomic E-state index is -0.714. The summed E-state index contributed by atoms with van der Waals surface area (Å²) in [6, 6.07) is 1.28. The first-order chi connectivity index (χ1) is 7.40. The van der Waals surface area contributed by atoms with Gasteiger partial charge in [0.2, 0.25) is 0 Å². The summed E-state index contributed by atoms with van der Waals surface area (Å²) in [7, 11) is 0. The molecular weight excluding hydrogens is 236 g/mol. The lowest BCUT2D eigenvalue weighted by Crippen LogP contribution is -2.01. The Morgan fingerprint density at radius 3 is 2.25 bits per heavy atom. The molecule has 6 nitrogen and oxygen atoms in total. The third kappa shape index (κ3) is 1.96. The molecule has 86 valence electrons. The summed E-state index contributed by atoms with van der Waals surface area (Å²) in [6.45, 7) is 3.30. The van der Waals surface area contributed by atoms with Crippen molar-refractivity contribution in [3.63, 3.8) is 0 Å². The first-order valence-corrected chi connectivity index (χ1v) is 4.88. The van der Waals surface area contributed by atoms with E-state index in [1.807, 2.05) is 0 Å². The van der Waals surface area contributed by atoms with Crippen molar-refractivity contribution < 1.29 is 9.85 Å². The van der Waals surface area contributed by atoms with Gasteiger partial charge in [0.25, 0.3) is 11.4 Å². The van der Waals surface area contributed by atoms with Crippen molar-refractivity contribution in [2.24, 2.45) is 0 Å². The Hall–Kier alpha value is -1.69. The zero-order chi connectivity index (χ0) is 12.5. The third-order valence-electron chi connectivity index (χ3n) is 2.34. The average molecular weight is 245 g/mol. The largest absolute Gasteiger partial charge is 0.298 e. The first kappa shape index (κ1) is 12.4. The van der Waals surface area contributed by atoms with E-state index in [1.165, 1.54) is 13.0 Å². The zero-order valence-electron chi connectivity index (χ0n) is 8.69. The van der Waals surface area contributed by atoms with Crippen LogP contribution in [0.4, 0.5) is 11.4 Å². The topological polar surface area (TPSA) is 86.3 Å². The Balaban J connectivity index is 3.64. The van der Waals surface area contributed by atoms with Crippen molar-refractivity contribution in [3.8, 4) is 0 Å². The second kappa shape index (κ2) is 4.44. The second-order valence-corrected chi connectivity index (χ2v) is 3.59. The standard InChI is InChI=1S/C9H9ClN2O4/c1-3-6-4-7(11(13)14)8(10)9(5(6)2)12(15)16/h4H,3H2,1-2H3. The van der Waals surface area contributed by atoms with Crippen LogP contribution in [0.1, 0.15) is 18.1 Å². The molecule has 0 aliphatic heterocycles. The Kier molecular flexibility index (Phi) is 3.44. The maximum atomic E-state index is 10.8. The molecule has 7 heteroatoms. The molecule has 1 aromatic carbocycles. The molecule has 0 radical (unpaired) electrons. The van der Waals surface area contributed by atoms with Crippen molar-refractivity contribution in [2.45, 2.75) is 20.3 Å². The number of hydrogen-bond acceptors (Lipinski definition) is 4. The fraction of sp³-hybridized carbons (Fsp3) is 0.333. The van der Waals surface area contributed by atoms with Gasteiger partial charge >= 0.3 is 0 Å². The molecule has 0 aromatic heterocycles. The van der Waals surface area contributed by atoms with Crippen LogP contribution < -0.4 is 0 Å². The lowest BCUT2D eigenvalue weighted by Gasteiger charge is -2.05. The molecule has 1 rings (SSSR count). The quantitative estimate of drug-likeness (QED) is 0.604. The number of nitro groups is 2. The molecule has 0 bridgehead atoms. The van der Waals surface area contributed by atoms with E-state index in [0.29, 0.717) is 17.5 Å². The number of hydrogen-bond donors (Lipinski definition) is 0. The predicted molar refractivity (Wildman–Crippen MR) is 58.9 cm³/mol. The van der Waals surface area contributed by atoms with Crippen LogP contribution in [0.5, 0.6) is 0 Å². The van der Waals surface area contributed by atoms with E-state index >= 15 is 0 Å². The molecule has 0 heterocycles. The van der Waals surface area contributed by atoms with E-state index < -0.39 is 20.6 Å². The summed E-state index contributed by atoms with van der Waals surface area (Å²) in [5.41, 5.74) is 0.134. The predicted octanol–water partition coefficient (Wildman–Crippen LogP) is 3.03. The van der Waals surface area contributed by atoms with Crippen LogP contribution in [0.15, 0.2) is 6.07 Å². The number of nitro benzene ring substituents is 2. The van der Waals surface area contributed by atoms with Crippen molar-refractivity contribution in [2.75, 3.05) is 0 Å². The molecule has 0 saturated carbocycles. The van der Waals surface area contributed by atoms with E-state index in [9.17, 15) is 20.2 Å². The summed E-state index contributed by atoms with van der Waals surface area (Å²) in [4.78, 5) is 20.1. The van der Waals surface area contributed by atoms with Gasteiger partial charge in [0.05, 0.1) is 9.85 Å². The lowest BCUT2D eigenvalue weighted by atomic mass is 10.0. The van der Waals surface area contributed by atoms with E-state index in [0.717, 1.165) is 0 Å². The molecular formula is C9H9ClN2O4. The van der Waals surface area contributed by atoms with E-state index in [-0.39, 0.29) is 5.69 Å². The fourth-order valence-corrected chi connectivity index (χ4v) is 1.83. The van der Waals surface area contributed by atoms with Crippen molar-refractivity contribution in [3.05, 3.63) is 42.4 Å². The van der Waals surface area contributed by atoms with Gasteiger partial charge in [-0.3, -0.25) is 20.2 Å². The molecule has 0 unspecified atom stereocenters. The highest BCUT2D eigenvalue weighted by atomic mass is 35.5. The summed E-state index contributed by atoms with van der Waals surface area (Å²) in [6.07, 6.45) is 0.477. The number of nitrogens with zero attached hydrogens (tertiary/aromatic N) is 2. The highest BCUT2D eigenvalue weighted by Crippen LogP contribution is 2.38. The molecule has 0 saturated heterocycles. The number of halogens is 1. The Labute approximate surface area is 96.1 Å².